The second-order valence-electron chi connectivity index (χ2n) is 5.15. The molecule has 1 aromatic heterocycles. The number of fused-ring (bicyclic) bond motifs is 1. The van der Waals surface area contributed by atoms with Crippen LogP contribution in [-0.4, -0.2) is 29.0 Å². The first-order valence-corrected chi connectivity index (χ1v) is 6.99. The van der Waals surface area contributed by atoms with E-state index in [1.165, 1.54) is 6.26 Å². The molecule has 0 N–H and O–H groups in total. The molecule has 0 unspecified atom stereocenters. The van der Waals surface area contributed by atoms with Crippen molar-refractivity contribution in [1.82, 2.24) is 4.90 Å². The molecule has 1 aliphatic rings. The summed E-state index contributed by atoms with van der Waals surface area (Å²) in [5.74, 6) is -0.805. The fraction of sp³-hybridized carbons (Fsp3) is 0.312. The van der Waals surface area contributed by atoms with Crippen LogP contribution in [0.1, 0.15) is 36.0 Å². The highest BCUT2D eigenvalue weighted by Crippen LogP contribution is 2.22. The van der Waals surface area contributed by atoms with Crippen LogP contribution in [0.25, 0.3) is 11.0 Å². The van der Waals surface area contributed by atoms with Gasteiger partial charge in [0, 0.05) is 18.2 Å². The molecule has 0 saturated carbocycles. The molecule has 21 heavy (non-hydrogen) atoms. The molecule has 0 spiro atoms. The number of furan rings is 1. The molecule has 1 aromatic carbocycles. The van der Waals surface area contributed by atoms with Crippen LogP contribution >= 0.6 is 0 Å². The number of likely N-dealkylation sites (tertiary alicyclic amines) is 1. The number of nitrogens with zero attached hydrogens (tertiary/aromatic N) is 1. The lowest BCUT2D eigenvalue weighted by Gasteiger charge is -2.17. The number of imide groups is 1. The molecule has 1 aliphatic heterocycles. The highest BCUT2D eigenvalue weighted by Gasteiger charge is 2.27. The second kappa shape index (κ2) is 5.52. The summed E-state index contributed by atoms with van der Waals surface area (Å²) in [5, 5.41) is 0.706. The molecule has 0 atom stereocenters. The number of amides is 2. The SMILES string of the molecule is O=C(CN1C(=O)CCCCC1=O)c1coc2ccccc12. The Labute approximate surface area is 121 Å². The van der Waals surface area contributed by atoms with Gasteiger partial charge >= 0.3 is 0 Å². The van der Waals surface area contributed by atoms with E-state index in [0.717, 1.165) is 4.90 Å². The van der Waals surface area contributed by atoms with Gasteiger partial charge in [0.25, 0.3) is 0 Å². The summed E-state index contributed by atoms with van der Waals surface area (Å²) >= 11 is 0. The Morgan fingerprint density at radius 1 is 1.10 bits per heavy atom. The predicted octanol–water partition coefficient (Wildman–Crippen LogP) is 2.54. The summed E-state index contributed by atoms with van der Waals surface area (Å²) in [7, 11) is 0. The van der Waals surface area contributed by atoms with Gasteiger partial charge in [-0.2, -0.15) is 0 Å². The standard InChI is InChI=1S/C16H15NO4/c18-13(9-17-15(19)7-3-4-8-16(17)20)12-10-21-14-6-2-1-5-11(12)14/h1-2,5-6,10H,3-4,7-9H2. The predicted molar refractivity (Wildman–Crippen MR) is 75.7 cm³/mol. The van der Waals surface area contributed by atoms with Crippen molar-refractivity contribution >= 4 is 28.6 Å². The highest BCUT2D eigenvalue weighted by molar-refractivity contribution is 6.11. The third kappa shape index (κ3) is 2.59. The van der Waals surface area contributed by atoms with Gasteiger partial charge in [-0.25, -0.2) is 0 Å². The van der Waals surface area contributed by atoms with Crippen LogP contribution in [0.3, 0.4) is 0 Å². The van der Waals surface area contributed by atoms with Gasteiger partial charge in [0.2, 0.25) is 11.8 Å². The number of hydrogen-bond donors (Lipinski definition) is 0. The fourth-order valence-corrected chi connectivity index (χ4v) is 2.56. The Balaban J connectivity index is 1.85. The number of rotatable bonds is 3. The maximum absolute atomic E-state index is 12.4. The third-order valence-corrected chi connectivity index (χ3v) is 3.72. The van der Waals surface area contributed by atoms with E-state index >= 15 is 0 Å². The van der Waals surface area contributed by atoms with Crippen molar-refractivity contribution in [2.75, 3.05) is 6.54 Å². The summed E-state index contributed by atoms with van der Waals surface area (Å²) in [4.78, 5) is 37.3. The molecule has 108 valence electrons. The summed E-state index contributed by atoms with van der Waals surface area (Å²) in [6.45, 7) is -0.207. The number of para-hydroxylation sites is 1. The largest absolute Gasteiger partial charge is 0.464 e. The maximum atomic E-state index is 12.4. The number of Topliss-reactive ketones (excluding diaryl/α,β-unsaturated/α-hetero) is 1. The molecular weight excluding hydrogens is 270 g/mol. The molecule has 3 rings (SSSR count). The van der Waals surface area contributed by atoms with Crippen molar-refractivity contribution in [2.24, 2.45) is 0 Å². The van der Waals surface area contributed by atoms with Crippen LogP contribution in [-0.2, 0) is 9.59 Å². The monoisotopic (exact) mass is 285 g/mol. The quantitative estimate of drug-likeness (QED) is 0.642. The zero-order valence-electron chi connectivity index (χ0n) is 11.5. The minimum atomic E-state index is -0.274. The number of ketones is 1. The normalized spacial score (nSPS) is 16.3. The molecule has 0 bridgehead atoms. The van der Waals surface area contributed by atoms with Crippen molar-refractivity contribution in [3.8, 4) is 0 Å². The molecule has 2 aromatic rings. The van der Waals surface area contributed by atoms with E-state index in [4.69, 9.17) is 4.42 Å². The van der Waals surface area contributed by atoms with Crippen LogP contribution < -0.4 is 0 Å². The lowest BCUT2D eigenvalue weighted by molar-refractivity contribution is -0.143. The molecule has 2 heterocycles. The Morgan fingerprint density at radius 3 is 2.48 bits per heavy atom. The third-order valence-electron chi connectivity index (χ3n) is 3.72. The lowest BCUT2D eigenvalue weighted by atomic mass is 10.1. The number of carbonyl (C=O) groups is 3. The highest BCUT2D eigenvalue weighted by atomic mass is 16.3. The van der Waals surface area contributed by atoms with Gasteiger partial charge in [0.05, 0.1) is 12.1 Å². The van der Waals surface area contributed by atoms with E-state index in [1.54, 1.807) is 12.1 Å². The van der Waals surface area contributed by atoms with Crippen LogP contribution in [0.15, 0.2) is 34.9 Å². The van der Waals surface area contributed by atoms with Crippen LogP contribution in [0.5, 0.6) is 0 Å². The van der Waals surface area contributed by atoms with E-state index in [2.05, 4.69) is 0 Å². The Hall–Kier alpha value is -2.43. The molecule has 5 heteroatoms. The average molecular weight is 285 g/mol. The van der Waals surface area contributed by atoms with E-state index in [9.17, 15) is 14.4 Å². The van der Waals surface area contributed by atoms with Gasteiger partial charge in [-0.3, -0.25) is 19.3 Å². The Bertz CT molecular complexity index is 698. The molecule has 1 saturated heterocycles. The van der Waals surface area contributed by atoms with Crippen molar-refractivity contribution in [2.45, 2.75) is 25.7 Å². The summed E-state index contributed by atoms with van der Waals surface area (Å²) < 4.78 is 5.33. The van der Waals surface area contributed by atoms with Gasteiger partial charge in [-0.1, -0.05) is 18.2 Å². The zero-order chi connectivity index (χ0) is 14.8. The zero-order valence-corrected chi connectivity index (χ0v) is 11.5. The first-order valence-electron chi connectivity index (χ1n) is 6.99. The summed E-state index contributed by atoms with van der Waals surface area (Å²) in [6, 6.07) is 7.20. The maximum Gasteiger partial charge on any atom is 0.229 e. The molecule has 0 radical (unpaired) electrons. The molecule has 1 fully saturated rings. The molecular formula is C16H15NO4. The summed E-state index contributed by atoms with van der Waals surface area (Å²) in [5.41, 5.74) is 1.03. The molecule has 2 amide bonds. The topological polar surface area (TPSA) is 67.6 Å². The van der Waals surface area contributed by atoms with E-state index < -0.39 is 0 Å². The van der Waals surface area contributed by atoms with Crippen LogP contribution in [0, 0.1) is 0 Å². The number of carbonyl (C=O) groups excluding carboxylic acids is 3. The van der Waals surface area contributed by atoms with Gasteiger partial charge in [-0.15, -0.1) is 0 Å². The number of benzene rings is 1. The average Bonchev–Trinajstić information content (AvgIpc) is 2.86. The minimum Gasteiger partial charge on any atom is -0.464 e. The second-order valence-corrected chi connectivity index (χ2v) is 5.15. The van der Waals surface area contributed by atoms with Crippen molar-refractivity contribution in [3.63, 3.8) is 0 Å². The van der Waals surface area contributed by atoms with Crippen molar-refractivity contribution in [3.05, 3.63) is 36.1 Å². The van der Waals surface area contributed by atoms with E-state index in [-0.39, 0.29) is 24.1 Å². The van der Waals surface area contributed by atoms with Crippen molar-refractivity contribution in [1.29, 1.82) is 0 Å². The lowest BCUT2D eigenvalue weighted by Crippen LogP contribution is -2.39. The van der Waals surface area contributed by atoms with Crippen LogP contribution in [0.4, 0.5) is 0 Å². The summed E-state index contributed by atoms with van der Waals surface area (Å²) in [6.07, 6.45) is 3.43. The Kier molecular flexibility index (Phi) is 3.56. The van der Waals surface area contributed by atoms with Gasteiger partial charge in [-0.05, 0) is 18.9 Å². The van der Waals surface area contributed by atoms with E-state index in [1.807, 2.05) is 12.1 Å². The van der Waals surface area contributed by atoms with Crippen LogP contribution in [0.2, 0.25) is 0 Å². The number of hydrogen-bond acceptors (Lipinski definition) is 4. The van der Waals surface area contributed by atoms with Gasteiger partial charge < -0.3 is 4.42 Å². The first kappa shape index (κ1) is 13.5. The molecule has 0 aliphatic carbocycles. The Morgan fingerprint density at radius 2 is 1.76 bits per heavy atom. The van der Waals surface area contributed by atoms with E-state index in [0.29, 0.717) is 42.2 Å². The minimum absolute atomic E-state index is 0.207. The molecule has 5 nitrogen and oxygen atoms in total. The fourth-order valence-electron chi connectivity index (χ4n) is 2.56. The smallest absolute Gasteiger partial charge is 0.229 e. The van der Waals surface area contributed by atoms with Gasteiger partial charge in [0.1, 0.15) is 11.8 Å². The first-order chi connectivity index (χ1) is 10.2. The van der Waals surface area contributed by atoms with Gasteiger partial charge in [0.15, 0.2) is 5.78 Å². The van der Waals surface area contributed by atoms with Crippen molar-refractivity contribution < 1.29 is 18.8 Å².